The van der Waals surface area contributed by atoms with Gasteiger partial charge in [0.05, 0.1) is 12.3 Å². The largest absolute Gasteiger partial charge is 0.465 e. The fraction of sp³-hybridized carbons (Fsp3) is 0.500. The average Bonchev–Trinajstić information content (AvgIpc) is 1.63. The second-order valence-electron chi connectivity index (χ2n) is 1.50. The average molecular weight is 132 g/mol. The van der Waals surface area contributed by atoms with Crippen LogP contribution in [0.25, 0.3) is 0 Å². The number of hydrogen-bond acceptors (Lipinski definition) is 3. The van der Waals surface area contributed by atoms with Gasteiger partial charge in [-0.05, 0) is 6.92 Å². The fourth-order valence-electron chi connectivity index (χ4n) is 0.332. The van der Waals surface area contributed by atoms with Gasteiger partial charge in [-0.25, -0.2) is 4.79 Å². The van der Waals surface area contributed by atoms with Gasteiger partial charge >= 0.3 is 6.09 Å². The Morgan fingerprint density at radius 3 is 2.78 bits per heavy atom. The van der Waals surface area contributed by atoms with Crippen LogP contribution in [-0.2, 0) is 0 Å². The van der Waals surface area contributed by atoms with Gasteiger partial charge in [-0.3, -0.25) is 0 Å². The van der Waals surface area contributed by atoms with Crippen LogP contribution in [0.5, 0.6) is 0 Å². The van der Waals surface area contributed by atoms with Crippen molar-refractivity contribution in [2.45, 2.75) is 13.0 Å². The topological polar surface area (TPSA) is 81.9 Å². The molecule has 0 aromatic rings. The predicted molar refractivity (Wildman–Crippen MR) is 30.9 cm³/mol. The van der Waals surface area contributed by atoms with Crippen molar-refractivity contribution >= 4 is 12.3 Å². The van der Waals surface area contributed by atoms with Crippen molar-refractivity contribution in [3.8, 4) is 0 Å². The molecule has 0 spiro atoms. The molecule has 0 bridgehead atoms. The minimum Gasteiger partial charge on any atom is -0.465 e. The summed E-state index contributed by atoms with van der Waals surface area (Å²) in [6, 6.07) is -0.451. The number of nitrogens with zero attached hydrogens (tertiary/aromatic N) is 1. The van der Waals surface area contributed by atoms with Gasteiger partial charge in [0.25, 0.3) is 0 Å². The van der Waals surface area contributed by atoms with Crippen LogP contribution in [0.15, 0.2) is 5.16 Å². The summed E-state index contributed by atoms with van der Waals surface area (Å²) in [5.74, 6) is 0. The third kappa shape index (κ3) is 4.60. The maximum atomic E-state index is 9.83. The van der Waals surface area contributed by atoms with Crippen molar-refractivity contribution in [3.63, 3.8) is 0 Å². The highest BCUT2D eigenvalue weighted by Crippen LogP contribution is 1.73. The van der Waals surface area contributed by atoms with E-state index in [1.54, 1.807) is 6.92 Å². The van der Waals surface area contributed by atoms with Gasteiger partial charge < -0.3 is 15.6 Å². The summed E-state index contributed by atoms with van der Waals surface area (Å²) >= 11 is 0. The molecule has 52 valence electrons. The molecular weight excluding hydrogens is 124 g/mol. The lowest BCUT2D eigenvalue weighted by Crippen LogP contribution is -2.31. The highest BCUT2D eigenvalue weighted by atomic mass is 16.4. The van der Waals surface area contributed by atoms with E-state index >= 15 is 0 Å². The Labute approximate surface area is 52.0 Å². The summed E-state index contributed by atoms with van der Waals surface area (Å²) in [5, 5.41) is 20.6. The zero-order valence-corrected chi connectivity index (χ0v) is 4.90. The zero-order valence-electron chi connectivity index (χ0n) is 4.90. The summed E-state index contributed by atoms with van der Waals surface area (Å²) in [6.45, 7) is 1.55. The molecule has 5 heteroatoms. The van der Waals surface area contributed by atoms with E-state index in [-0.39, 0.29) is 0 Å². The molecule has 0 fully saturated rings. The lowest BCUT2D eigenvalue weighted by Gasteiger charge is -2.01. The lowest BCUT2D eigenvalue weighted by molar-refractivity contribution is 0.193. The minimum atomic E-state index is -1.14. The van der Waals surface area contributed by atoms with Crippen molar-refractivity contribution in [1.82, 2.24) is 5.32 Å². The Bertz CT molecular complexity index is 123. The molecule has 5 nitrogen and oxygen atoms in total. The molecule has 0 saturated carbocycles. The molecule has 0 aliphatic carbocycles. The number of nitrogens with one attached hydrogen (secondary N) is 1. The molecular formula is C4H8N2O3. The summed E-state index contributed by atoms with van der Waals surface area (Å²) < 4.78 is 0. The van der Waals surface area contributed by atoms with E-state index in [1.165, 1.54) is 0 Å². The summed E-state index contributed by atoms with van der Waals surface area (Å²) in [4.78, 5) is 9.83. The number of carboxylic acid groups (broad SMARTS) is 1. The first-order chi connectivity index (χ1) is 4.16. The third-order valence-corrected chi connectivity index (χ3v) is 0.641. The molecule has 0 unspecified atom stereocenters. The Kier molecular flexibility index (Phi) is 3.19. The maximum absolute atomic E-state index is 9.83. The van der Waals surface area contributed by atoms with E-state index in [0.717, 1.165) is 6.21 Å². The Morgan fingerprint density at radius 2 is 2.44 bits per heavy atom. The summed E-state index contributed by atoms with van der Waals surface area (Å²) in [5.41, 5.74) is 0. The van der Waals surface area contributed by atoms with Crippen LogP contribution >= 0.6 is 0 Å². The van der Waals surface area contributed by atoms with Crippen molar-refractivity contribution in [2.24, 2.45) is 5.16 Å². The van der Waals surface area contributed by atoms with Gasteiger partial charge in [0, 0.05) is 0 Å². The van der Waals surface area contributed by atoms with Gasteiger partial charge in [-0.15, -0.1) is 0 Å². The molecule has 1 atom stereocenters. The zero-order chi connectivity index (χ0) is 7.28. The molecule has 3 N–H and O–H groups in total. The van der Waals surface area contributed by atoms with E-state index in [9.17, 15) is 4.79 Å². The van der Waals surface area contributed by atoms with Crippen LogP contribution in [-0.4, -0.2) is 28.7 Å². The predicted octanol–water partition coefficient (Wildman–Crippen LogP) is 0.103. The molecule has 0 aromatic heterocycles. The summed E-state index contributed by atoms with van der Waals surface area (Å²) in [7, 11) is 0. The van der Waals surface area contributed by atoms with Crippen molar-refractivity contribution < 1.29 is 15.1 Å². The fourth-order valence-corrected chi connectivity index (χ4v) is 0.332. The van der Waals surface area contributed by atoms with E-state index in [4.69, 9.17) is 10.3 Å². The molecule has 0 heterocycles. The van der Waals surface area contributed by atoms with Crippen LogP contribution in [0.3, 0.4) is 0 Å². The second-order valence-corrected chi connectivity index (χ2v) is 1.50. The number of hydrogen-bond donors (Lipinski definition) is 3. The smallest absolute Gasteiger partial charge is 0.405 e. The maximum Gasteiger partial charge on any atom is 0.405 e. The lowest BCUT2D eigenvalue weighted by atomic mass is 10.4. The SMILES string of the molecule is C[C@@H](C=NO)NC(=O)O. The van der Waals surface area contributed by atoms with E-state index in [1.807, 2.05) is 0 Å². The van der Waals surface area contributed by atoms with Crippen molar-refractivity contribution in [1.29, 1.82) is 0 Å². The van der Waals surface area contributed by atoms with Gasteiger partial charge in [0.1, 0.15) is 0 Å². The van der Waals surface area contributed by atoms with Crippen molar-refractivity contribution in [3.05, 3.63) is 0 Å². The van der Waals surface area contributed by atoms with Crippen LogP contribution in [0.1, 0.15) is 6.92 Å². The van der Waals surface area contributed by atoms with Gasteiger partial charge in [-0.2, -0.15) is 0 Å². The highest BCUT2D eigenvalue weighted by Gasteiger charge is 1.99. The van der Waals surface area contributed by atoms with Crippen LogP contribution in [0.4, 0.5) is 4.79 Å². The number of oxime groups is 1. The minimum absolute atomic E-state index is 0.451. The van der Waals surface area contributed by atoms with Crippen LogP contribution < -0.4 is 5.32 Å². The van der Waals surface area contributed by atoms with Gasteiger partial charge in [0.2, 0.25) is 0 Å². The van der Waals surface area contributed by atoms with Crippen molar-refractivity contribution in [2.75, 3.05) is 0 Å². The first kappa shape index (κ1) is 7.74. The Morgan fingerprint density at radius 1 is 1.89 bits per heavy atom. The van der Waals surface area contributed by atoms with Crippen LogP contribution in [0, 0.1) is 0 Å². The molecule has 0 radical (unpaired) electrons. The van der Waals surface area contributed by atoms with Crippen LogP contribution in [0.2, 0.25) is 0 Å². The molecule has 0 rings (SSSR count). The Hall–Kier alpha value is -1.26. The first-order valence-electron chi connectivity index (χ1n) is 2.34. The molecule has 1 amide bonds. The second kappa shape index (κ2) is 3.71. The Balaban J connectivity index is 3.50. The van der Waals surface area contributed by atoms with Gasteiger partial charge in [0.15, 0.2) is 0 Å². The molecule has 0 aliphatic heterocycles. The number of rotatable bonds is 2. The highest BCUT2D eigenvalue weighted by molar-refractivity contribution is 5.72. The third-order valence-electron chi connectivity index (χ3n) is 0.641. The quantitative estimate of drug-likeness (QED) is 0.283. The van der Waals surface area contributed by atoms with Gasteiger partial charge in [-0.1, -0.05) is 5.16 Å². The molecule has 0 aliphatic rings. The van der Waals surface area contributed by atoms with E-state index < -0.39 is 12.1 Å². The summed E-state index contributed by atoms with van der Waals surface area (Å²) in [6.07, 6.45) is -0.0592. The molecule has 0 saturated heterocycles. The van der Waals surface area contributed by atoms with E-state index in [0.29, 0.717) is 0 Å². The number of amides is 1. The first-order valence-corrected chi connectivity index (χ1v) is 2.34. The van der Waals surface area contributed by atoms with E-state index in [2.05, 4.69) is 10.5 Å². The standard InChI is InChI=1S/C4H8N2O3/c1-3(2-5-9)6-4(7)8/h2-3,6,9H,1H3,(H,7,8)/t3-/m0/s1. The molecule has 0 aromatic carbocycles. The monoisotopic (exact) mass is 132 g/mol. The normalized spacial score (nSPS) is 13.4. The number of carbonyl (C=O) groups is 1. The molecule has 9 heavy (non-hydrogen) atoms.